The van der Waals surface area contributed by atoms with Crippen molar-refractivity contribution in [2.45, 2.75) is 50.1 Å². The zero-order chi connectivity index (χ0) is 17.1. The minimum Gasteiger partial charge on any atom is -0.200 e. The van der Waals surface area contributed by atoms with Crippen LogP contribution in [0.3, 0.4) is 0 Å². The molecule has 8 heteroatoms. The van der Waals surface area contributed by atoms with Crippen molar-refractivity contribution in [2.24, 2.45) is 11.0 Å². The van der Waals surface area contributed by atoms with E-state index in [1.165, 1.54) is 12.1 Å². The lowest BCUT2D eigenvalue weighted by Crippen LogP contribution is -2.35. The maximum atomic E-state index is 13.2. The average molecular weight is 348 g/mol. The first-order chi connectivity index (χ1) is 10.7. The first-order valence-electron chi connectivity index (χ1n) is 7.43. The zero-order valence-electron chi connectivity index (χ0n) is 12.7. The molecule has 0 amide bonds. The molecule has 0 aromatic heterocycles. The fourth-order valence-corrected chi connectivity index (χ4v) is 3.46. The third-order valence-electron chi connectivity index (χ3n) is 3.90. The van der Waals surface area contributed by atoms with Crippen LogP contribution in [-0.4, -0.2) is 20.3 Å². The van der Waals surface area contributed by atoms with Crippen LogP contribution in [0.5, 0.6) is 0 Å². The van der Waals surface area contributed by atoms with Gasteiger partial charge in [0.05, 0.1) is 4.90 Å². The summed E-state index contributed by atoms with van der Waals surface area (Å²) in [6, 6.07) is 5.82. The van der Waals surface area contributed by atoms with E-state index >= 15 is 0 Å². The van der Waals surface area contributed by atoms with Crippen LogP contribution in [0.4, 0.5) is 13.2 Å². The lowest BCUT2D eigenvalue weighted by Gasteiger charge is -2.24. The quantitative estimate of drug-likeness (QED) is 0.665. The third kappa shape index (κ3) is 4.70. The predicted octanol–water partition coefficient (Wildman–Crippen LogP) is 3.77. The summed E-state index contributed by atoms with van der Waals surface area (Å²) in [5.41, 5.74) is -0.182. The molecule has 4 nitrogen and oxygen atoms in total. The Labute approximate surface area is 133 Å². The molecular formula is C15H19F3N2O2S. The summed E-state index contributed by atoms with van der Waals surface area (Å²) in [6.45, 7) is 1.78. The molecule has 1 aromatic carbocycles. The zero-order valence-corrected chi connectivity index (χ0v) is 13.5. The van der Waals surface area contributed by atoms with Crippen LogP contribution in [-0.2, 0) is 10.0 Å². The van der Waals surface area contributed by atoms with Crippen molar-refractivity contribution in [3.63, 3.8) is 0 Å². The number of benzene rings is 1. The minimum atomic E-state index is -4.64. The fourth-order valence-electron chi connectivity index (χ4n) is 2.64. The van der Waals surface area contributed by atoms with E-state index < -0.39 is 27.8 Å². The van der Waals surface area contributed by atoms with Crippen LogP contribution in [0.25, 0.3) is 0 Å². The molecule has 0 unspecified atom stereocenters. The number of hydrogen-bond donors (Lipinski definition) is 1. The van der Waals surface area contributed by atoms with Gasteiger partial charge in [0.1, 0.15) is 5.71 Å². The van der Waals surface area contributed by atoms with E-state index in [0.717, 1.165) is 12.0 Å². The molecule has 128 valence electrons. The van der Waals surface area contributed by atoms with Gasteiger partial charge in [-0.25, -0.2) is 0 Å². The summed E-state index contributed by atoms with van der Waals surface area (Å²) < 4.78 is 63.7. The number of nitrogens with one attached hydrogen (secondary N) is 1. The van der Waals surface area contributed by atoms with Crippen LogP contribution >= 0.6 is 0 Å². The van der Waals surface area contributed by atoms with Gasteiger partial charge < -0.3 is 0 Å². The van der Waals surface area contributed by atoms with Crippen LogP contribution in [0.1, 0.15) is 37.7 Å². The van der Waals surface area contributed by atoms with E-state index in [9.17, 15) is 21.6 Å². The van der Waals surface area contributed by atoms with Gasteiger partial charge in [0.25, 0.3) is 10.0 Å². The highest BCUT2D eigenvalue weighted by Crippen LogP contribution is 2.32. The molecule has 23 heavy (non-hydrogen) atoms. The number of aryl methyl sites for hydroxylation is 1. The second kappa shape index (κ2) is 6.90. The van der Waals surface area contributed by atoms with Gasteiger partial charge in [0, 0.05) is 5.92 Å². The molecule has 0 aliphatic heterocycles. The van der Waals surface area contributed by atoms with Gasteiger partial charge in [-0.2, -0.15) is 31.5 Å². The predicted molar refractivity (Wildman–Crippen MR) is 81.6 cm³/mol. The summed E-state index contributed by atoms with van der Waals surface area (Å²) in [4.78, 5) is 1.63. The monoisotopic (exact) mass is 348 g/mol. The van der Waals surface area contributed by atoms with E-state index in [1.807, 2.05) is 0 Å². The summed E-state index contributed by atoms with van der Waals surface area (Å²) in [6.07, 6.45) is -1.58. The van der Waals surface area contributed by atoms with Crippen LogP contribution in [0.2, 0.25) is 0 Å². The van der Waals surface area contributed by atoms with E-state index in [4.69, 9.17) is 0 Å². The second-order valence-electron chi connectivity index (χ2n) is 5.74. The standard InChI is InChI=1S/C15H19F3N2O2S/c1-11-7-9-13(10-8-11)23(21,22)20-19-14(15(16,17)18)12-5-3-2-4-6-12/h7-10,12,20H,2-6H2,1H3/b19-14-. The van der Waals surface area contributed by atoms with Gasteiger partial charge in [0.15, 0.2) is 0 Å². The van der Waals surface area contributed by atoms with E-state index in [-0.39, 0.29) is 4.90 Å². The molecule has 1 N–H and O–H groups in total. The van der Waals surface area contributed by atoms with Crippen molar-refractivity contribution < 1.29 is 21.6 Å². The SMILES string of the molecule is Cc1ccc(S(=O)(=O)N/N=C(/C2CCCCC2)C(F)(F)F)cc1. The number of hydrogen-bond acceptors (Lipinski definition) is 3. The molecule has 1 aliphatic rings. The van der Waals surface area contributed by atoms with Crippen molar-refractivity contribution in [1.29, 1.82) is 0 Å². The van der Waals surface area contributed by atoms with Crippen molar-refractivity contribution in [1.82, 2.24) is 4.83 Å². The molecule has 2 rings (SSSR count). The number of alkyl halides is 3. The van der Waals surface area contributed by atoms with E-state index in [2.05, 4.69) is 5.10 Å². The van der Waals surface area contributed by atoms with Gasteiger partial charge in [-0.1, -0.05) is 37.0 Å². The smallest absolute Gasteiger partial charge is 0.200 e. The van der Waals surface area contributed by atoms with Crippen LogP contribution < -0.4 is 4.83 Å². The summed E-state index contributed by atoms with van der Waals surface area (Å²) in [5.74, 6) is -0.746. The van der Waals surface area contributed by atoms with Crippen molar-refractivity contribution in [2.75, 3.05) is 0 Å². The summed E-state index contributed by atoms with van der Waals surface area (Å²) >= 11 is 0. The van der Waals surface area contributed by atoms with E-state index in [1.54, 1.807) is 23.9 Å². The first kappa shape index (κ1) is 17.8. The molecule has 1 saturated carbocycles. The number of nitrogens with zero attached hydrogens (tertiary/aromatic N) is 1. The van der Waals surface area contributed by atoms with Gasteiger partial charge in [0.2, 0.25) is 0 Å². The Morgan fingerprint density at radius 2 is 1.70 bits per heavy atom. The molecule has 1 aromatic rings. The molecule has 0 radical (unpaired) electrons. The Hall–Kier alpha value is -1.57. The minimum absolute atomic E-state index is 0.114. The van der Waals surface area contributed by atoms with Crippen molar-refractivity contribution in [3.8, 4) is 0 Å². The highest BCUT2D eigenvalue weighted by atomic mass is 32.2. The summed E-state index contributed by atoms with van der Waals surface area (Å²) in [5, 5.41) is 3.24. The second-order valence-corrected chi connectivity index (χ2v) is 7.40. The van der Waals surface area contributed by atoms with Crippen molar-refractivity contribution >= 4 is 15.7 Å². The molecule has 0 bridgehead atoms. The number of sulfonamides is 1. The number of hydrazone groups is 1. The lowest BCUT2D eigenvalue weighted by atomic mass is 9.85. The lowest BCUT2D eigenvalue weighted by molar-refractivity contribution is -0.0640. The molecule has 0 heterocycles. The van der Waals surface area contributed by atoms with E-state index in [0.29, 0.717) is 25.7 Å². The first-order valence-corrected chi connectivity index (χ1v) is 8.92. The van der Waals surface area contributed by atoms with Crippen LogP contribution in [0.15, 0.2) is 34.3 Å². The molecule has 1 fully saturated rings. The Morgan fingerprint density at radius 1 is 1.13 bits per heavy atom. The Kier molecular flexibility index (Phi) is 5.33. The molecule has 0 saturated heterocycles. The largest absolute Gasteiger partial charge is 0.431 e. The summed E-state index contributed by atoms with van der Waals surface area (Å²) in [7, 11) is -4.11. The maximum absolute atomic E-state index is 13.2. The molecule has 0 spiro atoms. The Balaban J connectivity index is 2.23. The van der Waals surface area contributed by atoms with Gasteiger partial charge in [-0.15, -0.1) is 0 Å². The normalized spacial score (nSPS) is 18.0. The van der Waals surface area contributed by atoms with Gasteiger partial charge in [-0.05, 0) is 31.9 Å². The third-order valence-corrected chi connectivity index (χ3v) is 5.12. The fraction of sp³-hybridized carbons (Fsp3) is 0.533. The maximum Gasteiger partial charge on any atom is 0.431 e. The van der Waals surface area contributed by atoms with Gasteiger partial charge in [-0.3, -0.25) is 0 Å². The molecular weight excluding hydrogens is 329 g/mol. The highest BCUT2D eigenvalue weighted by molar-refractivity contribution is 7.89. The number of rotatable bonds is 4. The average Bonchev–Trinajstić information content (AvgIpc) is 2.47. The topological polar surface area (TPSA) is 58.5 Å². The van der Waals surface area contributed by atoms with Crippen molar-refractivity contribution in [3.05, 3.63) is 29.8 Å². The van der Waals surface area contributed by atoms with Gasteiger partial charge >= 0.3 is 6.18 Å². The Morgan fingerprint density at radius 3 is 2.22 bits per heavy atom. The number of halogens is 3. The molecule has 0 atom stereocenters. The Bertz CT molecular complexity index is 661. The highest BCUT2D eigenvalue weighted by Gasteiger charge is 2.41. The van der Waals surface area contributed by atoms with Crippen LogP contribution in [0, 0.1) is 12.8 Å². The molecule has 1 aliphatic carbocycles.